The van der Waals surface area contributed by atoms with E-state index in [1.807, 2.05) is 36.7 Å². The minimum absolute atomic E-state index is 0.0412. The van der Waals surface area contributed by atoms with Gasteiger partial charge in [-0.15, -0.1) is 0 Å². The zero-order valence-electron chi connectivity index (χ0n) is 19.7. The molecule has 0 aliphatic carbocycles. The highest BCUT2D eigenvalue weighted by molar-refractivity contribution is 6.74. The minimum atomic E-state index is -1.97. The lowest BCUT2D eigenvalue weighted by atomic mass is 10.2. The van der Waals surface area contributed by atoms with E-state index in [-0.39, 0.29) is 30.1 Å². The molecule has 0 amide bonds. The Balaban J connectivity index is 1.54. The molecule has 172 valence electrons. The first-order valence-electron chi connectivity index (χ1n) is 11.4. The largest absolute Gasteiger partial charge is 0.411 e. The fourth-order valence-electron chi connectivity index (χ4n) is 3.98. The van der Waals surface area contributed by atoms with Gasteiger partial charge >= 0.3 is 0 Å². The Labute approximate surface area is 191 Å². The van der Waals surface area contributed by atoms with Gasteiger partial charge in [-0.05, 0) is 35.8 Å². The molecule has 6 nitrogen and oxygen atoms in total. The number of ether oxygens (including phenoxy) is 1. The van der Waals surface area contributed by atoms with Crippen LogP contribution < -0.4 is 5.32 Å². The number of anilines is 1. The van der Waals surface area contributed by atoms with Crippen molar-refractivity contribution in [1.82, 2.24) is 9.55 Å². The first-order valence-corrected chi connectivity index (χ1v) is 14.3. The van der Waals surface area contributed by atoms with Crippen LogP contribution in [0.15, 0.2) is 54.9 Å². The first kappa shape index (κ1) is 23.0. The van der Waals surface area contributed by atoms with Gasteiger partial charge in [0.05, 0.1) is 18.2 Å². The first-order chi connectivity index (χ1) is 15.2. The standard InChI is InChI=1S/C25H35N3O3Si/c1-25(2,3)32(4,5)31-21-15-23(30-22(21)17-29)28-14-12-19-20(28)11-13-26-24(19)27-16-18-9-7-6-8-10-18/h6-14,21-23,29H,15-17H2,1-5H3,(H,26,27)/t21-,22+,23+/m0/s1. The van der Waals surface area contributed by atoms with E-state index in [2.05, 4.69) is 66.9 Å². The number of nitrogens with one attached hydrogen (secondary N) is 1. The van der Waals surface area contributed by atoms with E-state index in [0.29, 0.717) is 6.54 Å². The van der Waals surface area contributed by atoms with Gasteiger partial charge < -0.3 is 24.2 Å². The second-order valence-electron chi connectivity index (χ2n) is 10.1. The fraction of sp³-hybridized carbons (Fsp3) is 0.480. The average molecular weight is 454 g/mol. The van der Waals surface area contributed by atoms with Gasteiger partial charge in [-0.25, -0.2) is 4.98 Å². The van der Waals surface area contributed by atoms with Crippen LogP contribution in [-0.2, 0) is 15.7 Å². The zero-order valence-corrected chi connectivity index (χ0v) is 20.7. The number of hydrogen-bond donors (Lipinski definition) is 2. The monoisotopic (exact) mass is 453 g/mol. The van der Waals surface area contributed by atoms with Crippen LogP contribution in [0, 0.1) is 0 Å². The molecule has 0 unspecified atom stereocenters. The second-order valence-corrected chi connectivity index (χ2v) is 14.9. The van der Waals surface area contributed by atoms with Crippen LogP contribution in [0.3, 0.4) is 0 Å². The predicted molar refractivity (Wildman–Crippen MR) is 131 cm³/mol. The molecule has 3 heterocycles. The van der Waals surface area contributed by atoms with E-state index >= 15 is 0 Å². The lowest BCUT2D eigenvalue weighted by Gasteiger charge is -2.39. The molecule has 1 fully saturated rings. The summed E-state index contributed by atoms with van der Waals surface area (Å²) in [7, 11) is -1.97. The predicted octanol–water partition coefficient (Wildman–Crippen LogP) is 5.32. The maximum absolute atomic E-state index is 9.97. The Morgan fingerprint density at radius 2 is 1.94 bits per heavy atom. The zero-order chi connectivity index (χ0) is 22.9. The number of hydrogen-bond acceptors (Lipinski definition) is 5. The molecule has 0 radical (unpaired) electrons. The van der Waals surface area contributed by atoms with E-state index in [1.54, 1.807) is 0 Å². The molecule has 0 spiro atoms. The van der Waals surface area contributed by atoms with Gasteiger partial charge in [0.15, 0.2) is 8.32 Å². The third-order valence-electron chi connectivity index (χ3n) is 6.87. The molecule has 1 saturated heterocycles. The van der Waals surface area contributed by atoms with Crippen LogP contribution in [0.25, 0.3) is 10.9 Å². The Morgan fingerprint density at radius 3 is 2.62 bits per heavy atom. The molecular formula is C25H35N3O3Si. The minimum Gasteiger partial charge on any atom is -0.411 e. The SMILES string of the molecule is CC(C)(C)[Si](C)(C)O[C@H]1C[C@H](n2ccc3c(NCc4ccccc4)nccc32)O[C@@H]1CO. The molecule has 4 rings (SSSR count). The Kier molecular flexibility index (Phi) is 6.45. The summed E-state index contributed by atoms with van der Waals surface area (Å²) in [4.78, 5) is 4.56. The summed E-state index contributed by atoms with van der Waals surface area (Å²) in [5.41, 5.74) is 2.27. The summed E-state index contributed by atoms with van der Waals surface area (Å²) in [5, 5.41) is 14.6. The molecule has 1 aliphatic rings. The van der Waals surface area contributed by atoms with Crippen molar-refractivity contribution in [1.29, 1.82) is 0 Å². The van der Waals surface area contributed by atoms with Gasteiger partial charge in [0.1, 0.15) is 18.1 Å². The summed E-state index contributed by atoms with van der Waals surface area (Å²) < 4.78 is 15.0. The number of aliphatic hydroxyl groups excluding tert-OH is 1. The molecule has 0 bridgehead atoms. The number of nitrogens with zero attached hydrogens (tertiary/aromatic N) is 2. The number of aliphatic hydroxyl groups is 1. The van der Waals surface area contributed by atoms with Crippen molar-refractivity contribution >= 4 is 25.0 Å². The lowest BCUT2D eigenvalue weighted by molar-refractivity contribution is -0.0407. The van der Waals surface area contributed by atoms with Crippen LogP contribution in [0.1, 0.15) is 39.0 Å². The highest BCUT2D eigenvalue weighted by Crippen LogP contribution is 2.41. The molecule has 2 aromatic heterocycles. The number of aromatic nitrogens is 2. The van der Waals surface area contributed by atoms with E-state index < -0.39 is 8.32 Å². The van der Waals surface area contributed by atoms with Gasteiger partial charge in [-0.3, -0.25) is 0 Å². The van der Waals surface area contributed by atoms with E-state index in [4.69, 9.17) is 9.16 Å². The summed E-state index contributed by atoms with van der Waals surface area (Å²) in [6.45, 7) is 11.9. The number of benzene rings is 1. The number of fused-ring (bicyclic) bond motifs is 1. The maximum Gasteiger partial charge on any atom is 0.192 e. The summed E-state index contributed by atoms with van der Waals surface area (Å²) in [5.74, 6) is 0.857. The number of pyridine rings is 1. The van der Waals surface area contributed by atoms with Crippen molar-refractivity contribution in [3.05, 3.63) is 60.4 Å². The van der Waals surface area contributed by atoms with Crippen molar-refractivity contribution in [3.8, 4) is 0 Å². The lowest BCUT2D eigenvalue weighted by Crippen LogP contribution is -2.46. The fourth-order valence-corrected chi connectivity index (χ4v) is 5.33. The van der Waals surface area contributed by atoms with Gasteiger partial charge in [0, 0.05) is 30.7 Å². The molecule has 32 heavy (non-hydrogen) atoms. The third kappa shape index (κ3) is 4.61. The van der Waals surface area contributed by atoms with E-state index in [9.17, 15) is 5.11 Å². The maximum atomic E-state index is 9.97. The molecule has 1 aromatic carbocycles. The van der Waals surface area contributed by atoms with E-state index in [0.717, 1.165) is 23.1 Å². The Bertz CT molecular complexity index is 1050. The molecule has 2 N–H and O–H groups in total. The highest BCUT2D eigenvalue weighted by atomic mass is 28.4. The summed E-state index contributed by atoms with van der Waals surface area (Å²) in [6.07, 6.45) is 3.99. The molecule has 3 atom stereocenters. The third-order valence-corrected chi connectivity index (χ3v) is 11.4. The molecular weight excluding hydrogens is 418 g/mol. The van der Waals surface area contributed by atoms with Crippen molar-refractivity contribution < 1.29 is 14.3 Å². The average Bonchev–Trinajstić information content (AvgIpc) is 3.35. The number of rotatable bonds is 7. The van der Waals surface area contributed by atoms with Gasteiger partial charge in [0.25, 0.3) is 0 Å². The van der Waals surface area contributed by atoms with Crippen LogP contribution in [-0.4, -0.2) is 41.8 Å². The van der Waals surface area contributed by atoms with Crippen molar-refractivity contribution in [3.63, 3.8) is 0 Å². The van der Waals surface area contributed by atoms with Crippen LogP contribution in [0.4, 0.5) is 5.82 Å². The van der Waals surface area contributed by atoms with E-state index in [1.165, 1.54) is 5.56 Å². The van der Waals surface area contributed by atoms with Crippen molar-refractivity contribution in [2.45, 2.75) is 70.3 Å². The van der Waals surface area contributed by atoms with Gasteiger partial charge in [-0.1, -0.05) is 51.1 Å². The quantitative estimate of drug-likeness (QED) is 0.474. The van der Waals surface area contributed by atoms with Crippen LogP contribution in [0.5, 0.6) is 0 Å². The molecule has 0 saturated carbocycles. The molecule has 3 aromatic rings. The Morgan fingerprint density at radius 1 is 1.19 bits per heavy atom. The second kappa shape index (κ2) is 8.98. The van der Waals surface area contributed by atoms with Gasteiger partial charge in [0.2, 0.25) is 0 Å². The Hall–Kier alpha value is -2.19. The van der Waals surface area contributed by atoms with Crippen molar-refractivity contribution in [2.24, 2.45) is 0 Å². The topological polar surface area (TPSA) is 68.5 Å². The summed E-state index contributed by atoms with van der Waals surface area (Å²) in [6, 6.07) is 14.4. The highest BCUT2D eigenvalue weighted by Gasteiger charge is 2.45. The molecule has 7 heteroatoms. The van der Waals surface area contributed by atoms with Crippen LogP contribution in [0.2, 0.25) is 18.1 Å². The van der Waals surface area contributed by atoms with Gasteiger partial charge in [-0.2, -0.15) is 0 Å². The normalized spacial score (nSPS) is 21.9. The molecule has 1 aliphatic heterocycles. The van der Waals surface area contributed by atoms with Crippen molar-refractivity contribution in [2.75, 3.05) is 11.9 Å². The summed E-state index contributed by atoms with van der Waals surface area (Å²) >= 11 is 0. The van der Waals surface area contributed by atoms with Crippen LogP contribution >= 0.6 is 0 Å². The smallest absolute Gasteiger partial charge is 0.192 e.